The summed E-state index contributed by atoms with van der Waals surface area (Å²) in [5, 5.41) is 5.77. The summed E-state index contributed by atoms with van der Waals surface area (Å²) in [6, 6.07) is 8.21. The highest BCUT2D eigenvalue weighted by molar-refractivity contribution is 5.73. The molecule has 0 aliphatic carbocycles. The van der Waals surface area contributed by atoms with Gasteiger partial charge in [0.25, 0.3) is 0 Å². The van der Waals surface area contributed by atoms with Gasteiger partial charge in [-0.3, -0.25) is 0 Å². The van der Waals surface area contributed by atoms with Crippen LogP contribution in [0.25, 0.3) is 0 Å². The Morgan fingerprint density at radius 2 is 2.18 bits per heavy atom. The van der Waals surface area contributed by atoms with Gasteiger partial charge in [-0.1, -0.05) is 31.2 Å². The number of nitrogens with zero attached hydrogens (tertiary/aromatic N) is 1. The van der Waals surface area contributed by atoms with Crippen LogP contribution in [0, 0.1) is 0 Å². The first-order chi connectivity index (χ1) is 10.7. The van der Waals surface area contributed by atoms with Gasteiger partial charge in [-0.05, 0) is 37.6 Å². The van der Waals surface area contributed by atoms with Crippen molar-refractivity contribution in [3.63, 3.8) is 0 Å². The molecule has 22 heavy (non-hydrogen) atoms. The van der Waals surface area contributed by atoms with Crippen LogP contribution in [0.15, 0.2) is 24.3 Å². The first-order valence-electron chi connectivity index (χ1n) is 8.07. The Labute approximate surface area is 133 Å². The predicted octanol–water partition coefficient (Wildman–Crippen LogP) is 2.12. The number of rotatable bonds is 7. The van der Waals surface area contributed by atoms with Gasteiger partial charge in [-0.15, -0.1) is 0 Å². The molecule has 1 aromatic rings. The van der Waals surface area contributed by atoms with Crippen LogP contribution in [0.4, 0.5) is 4.79 Å². The van der Waals surface area contributed by atoms with E-state index in [1.165, 1.54) is 5.56 Å². The van der Waals surface area contributed by atoms with E-state index in [0.29, 0.717) is 13.1 Å². The van der Waals surface area contributed by atoms with Crippen molar-refractivity contribution < 1.29 is 9.53 Å². The van der Waals surface area contributed by atoms with Crippen LogP contribution in [0.3, 0.4) is 0 Å². The first kappa shape index (κ1) is 16.8. The lowest BCUT2D eigenvalue weighted by Gasteiger charge is -2.15. The maximum atomic E-state index is 11.8. The zero-order chi connectivity index (χ0) is 15.8. The number of hydrogen-bond donors (Lipinski definition) is 2. The molecule has 122 valence electrons. The summed E-state index contributed by atoms with van der Waals surface area (Å²) in [7, 11) is 2.10. The van der Waals surface area contributed by atoms with Crippen molar-refractivity contribution >= 4 is 6.03 Å². The number of hydrogen-bond acceptors (Lipinski definition) is 3. The van der Waals surface area contributed by atoms with E-state index in [1.807, 2.05) is 12.1 Å². The second-order valence-corrected chi connectivity index (χ2v) is 5.85. The first-order valence-corrected chi connectivity index (χ1v) is 8.07. The average Bonchev–Trinajstić information content (AvgIpc) is 3.04. The summed E-state index contributed by atoms with van der Waals surface area (Å²) >= 11 is 0. The molecule has 0 aromatic heterocycles. The maximum absolute atomic E-state index is 11.8. The van der Waals surface area contributed by atoms with E-state index in [2.05, 4.69) is 41.6 Å². The lowest BCUT2D eigenvalue weighted by atomic mass is 10.1. The number of amides is 2. The van der Waals surface area contributed by atoms with E-state index in [4.69, 9.17) is 4.74 Å². The molecular formula is C17H27N3O2. The van der Waals surface area contributed by atoms with Crippen LogP contribution in [-0.2, 0) is 17.8 Å². The van der Waals surface area contributed by atoms with Gasteiger partial charge < -0.3 is 20.3 Å². The molecule has 2 N–H and O–H groups in total. The third-order valence-corrected chi connectivity index (χ3v) is 3.95. The molecule has 0 radical (unpaired) electrons. The monoisotopic (exact) mass is 305 g/mol. The highest BCUT2D eigenvalue weighted by Crippen LogP contribution is 2.10. The van der Waals surface area contributed by atoms with Crippen LogP contribution in [-0.4, -0.2) is 43.8 Å². The van der Waals surface area contributed by atoms with Gasteiger partial charge in [-0.25, -0.2) is 4.79 Å². The number of benzene rings is 1. The molecule has 1 aliphatic heterocycles. The summed E-state index contributed by atoms with van der Waals surface area (Å²) < 4.78 is 5.48. The molecule has 1 fully saturated rings. The minimum Gasteiger partial charge on any atom is -0.376 e. The lowest BCUT2D eigenvalue weighted by molar-refractivity contribution is 0.111. The van der Waals surface area contributed by atoms with E-state index in [1.54, 1.807) is 0 Å². The number of carbonyl (C=O) groups is 1. The predicted molar refractivity (Wildman–Crippen MR) is 87.7 cm³/mol. The smallest absolute Gasteiger partial charge is 0.315 e. The quantitative estimate of drug-likeness (QED) is 0.811. The molecule has 1 aliphatic rings. The van der Waals surface area contributed by atoms with Crippen LogP contribution in [0.2, 0.25) is 0 Å². The molecule has 2 amide bonds. The summed E-state index contributed by atoms with van der Waals surface area (Å²) in [5.74, 6) is 0. The molecule has 5 heteroatoms. The standard InChI is InChI=1S/C17H27N3O2/c1-3-20(2)13-15-7-4-6-14(10-15)11-18-17(21)19-12-16-8-5-9-22-16/h4,6-7,10,16H,3,5,8-9,11-13H2,1-2H3,(H2,18,19,21). The molecule has 1 heterocycles. The highest BCUT2D eigenvalue weighted by Gasteiger charge is 2.15. The van der Waals surface area contributed by atoms with Crippen molar-refractivity contribution in [2.45, 2.75) is 39.0 Å². The van der Waals surface area contributed by atoms with Gasteiger partial charge in [0.05, 0.1) is 6.10 Å². The minimum atomic E-state index is -0.133. The zero-order valence-corrected chi connectivity index (χ0v) is 13.6. The van der Waals surface area contributed by atoms with Crippen molar-refractivity contribution in [2.24, 2.45) is 0 Å². The molecular weight excluding hydrogens is 278 g/mol. The van der Waals surface area contributed by atoms with Gasteiger partial charge in [-0.2, -0.15) is 0 Å². The molecule has 1 atom stereocenters. The van der Waals surface area contributed by atoms with Crippen molar-refractivity contribution in [2.75, 3.05) is 26.7 Å². The third-order valence-electron chi connectivity index (χ3n) is 3.95. The van der Waals surface area contributed by atoms with E-state index < -0.39 is 0 Å². The van der Waals surface area contributed by atoms with E-state index in [-0.39, 0.29) is 12.1 Å². The van der Waals surface area contributed by atoms with Gasteiger partial charge in [0, 0.05) is 26.2 Å². The Balaban J connectivity index is 1.73. The normalized spacial score (nSPS) is 17.7. The van der Waals surface area contributed by atoms with Gasteiger partial charge >= 0.3 is 6.03 Å². The van der Waals surface area contributed by atoms with Crippen LogP contribution in [0.5, 0.6) is 0 Å². The SMILES string of the molecule is CCN(C)Cc1cccc(CNC(=O)NCC2CCCO2)c1. The topological polar surface area (TPSA) is 53.6 Å². The Morgan fingerprint density at radius 3 is 2.91 bits per heavy atom. The summed E-state index contributed by atoms with van der Waals surface area (Å²) in [5.41, 5.74) is 2.39. The van der Waals surface area contributed by atoms with Crippen molar-refractivity contribution in [3.05, 3.63) is 35.4 Å². The second-order valence-electron chi connectivity index (χ2n) is 5.85. The van der Waals surface area contributed by atoms with Gasteiger partial charge in [0.2, 0.25) is 0 Å². The molecule has 2 rings (SSSR count). The average molecular weight is 305 g/mol. The fraction of sp³-hybridized carbons (Fsp3) is 0.588. The Hall–Kier alpha value is -1.59. The molecule has 0 saturated carbocycles. The molecule has 0 spiro atoms. The Bertz CT molecular complexity index is 473. The highest BCUT2D eigenvalue weighted by atomic mass is 16.5. The number of urea groups is 1. The van der Waals surface area contributed by atoms with Crippen LogP contribution in [0.1, 0.15) is 30.9 Å². The van der Waals surface area contributed by atoms with E-state index >= 15 is 0 Å². The van der Waals surface area contributed by atoms with E-state index in [9.17, 15) is 4.79 Å². The molecule has 0 bridgehead atoms. The zero-order valence-electron chi connectivity index (χ0n) is 13.6. The molecule has 5 nitrogen and oxygen atoms in total. The molecule has 1 unspecified atom stereocenters. The Kier molecular flexibility index (Phi) is 6.68. The third kappa shape index (κ3) is 5.66. The van der Waals surface area contributed by atoms with Crippen molar-refractivity contribution in [3.8, 4) is 0 Å². The number of carbonyl (C=O) groups excluding carboxylic acids is 1. The lowest BCUT2D eigenvalue weighted by Crippen LogP contribution is -2.39. The maximum Gasteiger partial charge on any atom is 0.315 e. The molecule has 1 saturated heterocycles. The molecule has 1 aromatic carbocycles. The number of ether oxygens (including phenoxy) is 1. The van der Waals surface area contributed by atoms with Gasteiger partial charge in [0.1, 0.15) is 0 Å². The summed E-state index contributed by atoms with van der Waals surface area (Å²) in [6.07, 6.45) is 2.30. The largest absolute Gasteiger partial charge is 0.376 e. The van der Waals surface area contributed by atoms with Crippen LogP contribution < -0.4 is 10.6 Å². The van der Waals surface area contributed by atoms with Crippen molar-refractivity contribution in [1.82, 2.24) is 15.5 Å². The Morgan fingerprint density at radius 1 is 1.36 bits per heavy atom. The van der Waals surface area contributed by atoms with Crippen molar-refractivity contribution in [1.29, 1.82) is 0 Å². The number of nitrogens with one attached hydrogen (secondary N) is 2. The fourth-order valence-electron chi connectivity index (χ4n) is 2.52. The second kappa shape index (κ2) is 8.76. The van der Waals surface area contributed by atoms with Crippen LogP contribution >= 0.6 is 0 Å². The minimum absolute atomic E-state index is 0.133. The fourth-order valence-corrected chi connectivity index (χ4v) is 2.52. The van der Waals surface area contributed by atoms with E-state index in [0.717, 1.165) is 38.1 Å². The summed E-state index contributed by atoms with van der Waals surface area (Å²) in [4.78, 5) is 14.0. The summed E-state index contributed by atoms with van der Waals surface area (Å²) in [6.45, 7) is 6.04. The van der Waals surface area contributed by atoms with Gasteiger partial charge in [0.15, 0.2) is 0 Å².